The SMILES string of the molecule is CC(C)(C)[Si](O[C@@H]1CCCNC1)(c1ccccc1)c1ccccc1. The van der Waals surface area contributed by atoms with Gasteiger partial charge in [-0.1, -0.05) is 81.4 Å². The molecular weight excluding hydrogens is 310 g/mol. The van der Waals surface area contributed by atoms with Gasteiger partial charge in [0.05, 0.1) is 6.10 Å². The molecule has 0 spiro atoms. The molecule has 2 aromatic carbocycles. The molecule has 1 N–H and O–H groups in total. The second kappa shape index (κ2) is 7.22. The third kappa shape index (κ3) is 3.34. The van der Waals surface area contributed by atoms with Gasteiger partial charge >= 0.3 is 0 Å². The molecule has 3 rings (SSSR count). The summed E-state index contributed by atoms with van der Waals surface area (Å²) < 4.78 is 7.09. The Bertz CT molecular complexity index is 590. The van der Waals surface area contributed by atoms with Crippen molar-refractivity contribution in [2.24, 2.45) is 0 Å². The number of hydrogen-bond donors (Lipinski definition) is 1. The maximum atomic E-state index is 7.09. The first-order chi connectivity index (χ1) is 11.5. The Kier molecular flexibility index (Phi) is 5.23. The molecule has 1 aliphatic rings. The molecule has 0 aliphatic carbocycles. The van der Waals surface area contributed by atoms with Crippen molar-refractivity contribution in [3.05, 3.63) is 60.7 Å². The molecule has 0 radical (unpaired) electrons. The predicted octanol–water partition coefficient (Wildman–Crippen LogP) is 3.32. The highest BCUT2D eigenvalue weighted by Gasteiger charge is 2.51. The zero-order valence-electron chi connectivity index (χ0n) is 15.1. The predicted molar refractivity (Wildman–Crippen MR) is 105 cm³/mol. The molecule has 3 heteroatoms. The van der Waals surface area contributed by atoms with Gasteiger partial charge < -0.3 is 9.74 Å². The highest BCUT2D eigenvalue weighted by atomic mass is 28.4. The van der Waals surface area contributed by atoms with Crippen molar-refractivity contribution in [1.82, 2.24) is 5.32 Å². The van der Waals surface area contributed by atoms with Gasteiger partial charge in [0.15, 0.2) is 0 Å². The molecule has 1 atom stereocenters. The lowest BCUT2D eigenvalue weighted by molar-refractivity contribution is 0.155. The van der Waals surface area contributed by atoms with Crippen molar-refractivity contribution in [3.63, 3.8) is 0 Å². The summed E-state index contributed by atoms with van der Waals surface area (Å²) in [4.78, 5) is 0. The standard InChI is InChI=1S/C21H29NOSi/c1-21(2,3)24(19-12-6-4-7-13-19,20-14-8-5-9-15-20)23-18-11-10-16-22-17-18/h4-9,12-15,18,22H,10-11,16-17H2,1-3H3/t18-/m1/s1. The van der Waals surface area contributed by atoms with Crippen LogP contribution in [0.4, 0.5) is 0 Å². The summed E-state index contributed by atoms with van der Waals surface area (Å²) in [5.41, 5.74) is 0. The second-order valence-electron chi connectivity index (χ2n) is 7.75. The summed E-state index contributed by atoms with van der Waals surface area (Å²) in [6.07, 6.45) is 2.64. The molecule has 1 aliphatic heterocycles. The fourth-order valence-electron chi connectivity index (χ4n) is 3.86. The average Bonchev–Trinajstić information content (AvgIpc) is 2.61. The Morgan fingerprint density at radius 1 is 0.917 bits per heavy atom. The lowest BCUT2D eigenvalue weighted by atomic mass is 10.1. The summed E-state index contributed by atoms with van der Waals surface area (Å²) >= 11 is 0. The van der Waals surface area contributed by atoms with E-state index < -0.39 is 8.32 Å². The van der Waals surface area contributed by atoms with Gasteiger partial charge in [0.2, 0.25) is 0 Å². The van der Waals surface area contributed by atoms with Crippen molar-refractivity contribution in [2.75, 3.05) is 13.1 Å². The van der Waals surface area contributed by atoms with Crippen LogP contribution in [0.5, 0.6) is 0 Å². The summed E-state index contributed by atoms with van der Waals surface area (Å²) in [5, 5.41) is 6.31. The highest BCUT2D eigenvalue weighted by molar-refractivity contribution is 6.99. The fourth-order valence-corrected chi connectivity index (χ4v) is 8.58. The Hall–Kier alpha value is -1.42. The van der Waals surface area contributed by atoms with E-state index in [4.69, 9.17) is 4.43 Å². The first-order valence-corrected chi connectivity index (χ1v) is 10.9. The van der Waals surface area contributed by atoms with Gasteiger partial charge in [0, 0.05) is 6.54 Å². The van der Waals surface area contributed by atoms with E-state index in [1.807, 2.05) is 0 Å². The Morgan fingerprint density at radius 2 is 1.46 bits per heavy atom. The normalized spacial score (nSPS) is 19.2. The smallest absolute Gasteiger partial charge is 0.261 e. The van der Waals surface area contributed by atoms with E-state index in [1.165, 1.54) is 16.8 Å². The van der Waals surface area contributed by atoms with Crippen LogP contribution in [0.2, 0.25) is 5.04 Å². The molecule has 24 heavy (non-hydrogen) atoms. The topological polar surface area (TPSA) is 21.3 Å². The van der Waals surface area contributed by atoms with Crippen molar-refractivity contribution in [1.29, 1.82) is 0 Å². The molecular formula is C21H29NOSi. The summed E-state index contributed by atoms with van der Waals surface area (Å²) in [7, 11) is -2.38. The molecule has 1 saturated heterocycles. The number of benzene rings is 2. The lowest BCUT2D eigenvalue weighted by Gasteiger charge is -2.45. The third-order valence-corrected chi connectivity index (χ3v) is 10.1. The van der Waals surface area contributed by atoms with Gasteiger partial charge in [0.1, 0.15) is 0 Å². The lowest BCUT2D eigenvalue weighted by Crippen LogP contribution is -2.68. The van der Waals surface area contributed by atoms with Gasteiger partial charge in [-0.05, 0) is 34.8 Å². The van der Waals surface area contributed by atoms with Crippen LogP contribution in [0.15, 0.2) is 60.7 Å². The molecule has 2 nitrogen and oxygen atoms in total. The Labute approximate surface area is 147 Å². The zero-order chi connectivity index (χ0) is 17.0. The molecule has 2 aromatic rings. The largest absolute Gasteiger partial charge is 0.403 e. The van der Waals surface area contributed by atoms with Gasteiger partial charge in [-0.2, -0.15) is 0 Å². The first kappa shape index (κ1) is 17.4. The van der Waals surface area contributed by atoms with Crippen LogP contribution in [0.25, 0.3) is 0 Å². The minimum atomic E-state index is -2.38. The number of piperidine rings is 1. The third-order valence-electron chi connectivity index (χ3n) is 5.01. The maximum Gasteiger partial charge on any atom is 0.261 e. The van der Waals surface area contributed by atoms with Crippen molar-refractivity contribution < 1.29 is 4.43 Å². The number of hydrogen-bond acceptors (Lipinski definition) is 2. The minimum absolute atomic E-state index is 0.0627. The maximum absolute atomic E-state index is 7.09. The first-order valence-electron chi connectivity index (χ1n) is 9.03. The van der Waals surface area contributed by atoms with E-state index in [0.29, 0.717) is 6.10 Å². The van der Waals surface area contributed by atoms with E-state index in [-0.39, 0.29) is 5.04 Å². The van der Waals surface area contributed by atoms with Gasteiger partial charge in [-0.25, -0.2) is 0 Å². The quantitative estimate of drug-likeness (QED) is 0.863. The molecule has 0 saturated carbocycles. The monoisotopic (exact) mass is 339 g/mol. The van der Waals surface area contributed by atoms with Crippen LogP contribution >= 0.6 is 0 Å². The van der Waals surface area contributed by atoms with E-state index in [9.17, 15) is 0 Å². The van der Waals surface area contributed by atoms with Crippen molar-refractivity contribution in [2.45, 2.75) is 44.8 Å². The van der Waals surface area contributed by atoms with E-state index in [0.717, 1.165) is 19.5 Å². The molecule has 1 heterocycles. The summed E-state index contributed by atoms with van der Waals surface area (Å²) in [5.74, 6) is 0. The molecule has 0 amide bonds. The molecule has 0 aromatic heterocycles. The van der Waals surface area contributed by atoms with Crippen LogP contribution in [0.1, 0.15) is 33.6 Å². The number of rotatable bonds is 4. The molecule has 1 fully saturated rings. The van der Waals surface area contributed by atoms with Crippen LogP contribution in [0.3, 0.4) is 0 Å². The van der Waals surface area contributed by atoms with Crippen LogP contribution in [-0.4, -0.2) is 27.5 Å². The Balaban J connectivity index is 2.13. The summed E-state index contributed by atoms with van der Waals surface area (Å²) in [6, 6.07) is 21.8. The van der Waals surface area contributed by atoms with Gasteiger partial charge in [-0.15, -0.1) is 0 Å². The summed E-state index contributed by atoms with van der Waals surface area (Å²) in [6.45, 7) is 9.10. The van der Waals surface area contributed by atoms with Crippen LogP contribution < -0.4 is 15.7 Å². The van der Waals surface area contributed by atoms with E-state index >= 15 is 0 Å². The molecule has 128 valence electrons. The molecule has 0 unspecified atom stereocenters. The molecule has 0 bridgehead atoms. The van der Waals surface area contributed by atoms with Crippen LogP contribution in [0, 0.1) is 0 Å². The Morgan fingerprint density at radius 3 is 1.88 bits per heavy atom. The number of nitrogens with one attached hydrogen (secondary N) is 1. The zero-order valence-corrected chi connectivity index (χ0v) is 16.1. The second-order valence-corrected chi connectivity index (χ2v) is 12.0. The van der Waals surface area contributed by atoms with Gasteiger partial charge in [-0.3, -0.25) is 0 Å². The van der Waals surface area contributed by atoms with E-state index in [2.05, 4.69) is 86.8 Å². The van der Waals surface area contributed by atoms with E-state index in [1.54, 1.807) is 0 Å². The average molecular weight is 340 g/mol. The van der Waals surface area contributed by atoms with Crippen molar-refractivity contribution >= 4 is 18.7 Å². The highest BCUT2D eigenvalue weighted by Crippen LogP contribution is 2.38. The fraction of sp³-hybridized carbons (Fsp3) is 0.429. The van der Waals surface area contributed by atoms with Gasteiger partial charge in [0.25, 0.3) is 8.32 Å². The van der Waals surface area contributed by atoms with Crippen molar-refractivity contribution in [3.8, 4) is 0 Å². The van der Waals surface area contributed by atoms with Crippen LogP contribution in [-0.2, 0) is 4.43 Å². The minimum Gasteiger partial charge on any atom is -0.403 e.